The highest BCUT2D eigenvalue weighted by molar-refractivity contribution is 4.88. The van der Waals surface area contributed by atoms with E-state index in [1.54, 1.807) is 7.11 Å². The molecule has 3 nitrogen and oxygen atoms in total. The van der Waals surface area contributed by atoms with Crippen LogP contribution >= 0.6 is 0 Å². The second-order valence-corrected chi connectivity index (χ2v) is 5.45. The van der Waals surface area contributed by atoms with Gasteiger partial charge in [-0.25, -0.2) is 0 Å². The molecule has 1 saturated carbocycles. The van der Waals surface area contributed by atoms with E-state index >= 15 is 0 Å². The molecule has 2 N–H and O–H groups in total. The Balaban J connectivity index is 1.85. The Morgan fingerprint density at radius 2 is 2.06 bits per heavy atom. The summed E-state index contributed by atoms with van der Waals surface area (Å²) in [6.07, 6.45) is 6.91. The quantitative estimate of drug-likeness (QED) is 0.771. The van der Waals surface area contributed by atoms with Crippen molar-refractivity contribution >= 4 is 0 Å². The Labute approximate surface area is 99.3 Å². The Morgan fingerprint density at radius 1 is 1.31 bits per heavy atom. The summed E-state index contributed by atoms with van der Waals surface area (Å²) in [6.45, 7) is 4.18. The molecule has 16 heavy (non-hydrogen) atoms. The van der Waals surface area contributed by atoms with E-state index in [-0.39, 0.29) is 0 Å². The zero-order valence-electron chi connectivity index (χ0n) is 10.5. The lowest BCUT2D eigenvalue weighted by Gasteiger charge is -2.31. The molecule has 0 bridgehead atoms. The maximum Gasteiger partial charge on any atom is 0.0503 e. The summed E-state index contributed by atoms with van der Waals surface area (Å²) in [4.78, 5) is 2.62. The van der Waals surface area contributed by atoms with Crippen LogP contribution in [0.1, 0.15) is 32.1 Å². The SMILES string of the molecule is COCC1CCN(C(CN)C2CCCC2)C1. The van der Waals surface area contributed by atoms with Gasteiger partial charge < -0.3 is 10.5 Å². The molecule has 1 heterocycles. The molecule has 2 unspecified atom stereocenters. The molecule has 1 aliphatic carbocycles. The van der Waals surface area contributed by atoms with Crippen molar-refractivity contribution in [2.24, 2.45) is 17.6 Å². The normalized spacial score (nSPS) is 30.0. The van der Waals surface area contributed by atoms with Gasteiger partial charge in [0.1, 0.15) is 0 Å². The van der Waals surface area contributed by atoms with E-state index in [0.717, 1.165) is 25.0 Å². The van der Waals surface area contributed by atoms with Gasteiger partial charge in [0.05, 0.1) is 6.61 Å². The van der Waals surface area contributed by atoms with Crippen molar-refractivity contribution in [3.63, 3.8) is 0 Å². The summed E-state index contributed by atoms with van der Waals surface area (Å²) >= 11 is 0. The summed E-state index contributed by atoms with van der Waals surface area (Å²) in [5, 5.41) is 0. The lowest BCUT2D eigenvalue weighted by atomic mass is 9.97. The molecule has 94 valence electrons. The number of methoxy groups -OCH3 is 1. The first-order chi connectivity index (χ1) is 7.85. The van der Waals surface area contributed by atoms with Gasteiger partial charge in [-0.05, 0) is 37.6 Å². The monoisotopic (exact) mass is 226 g/mol. The van der Waals surface area contributed by atoms with Crippen LogP contribution in [-0.4, -0.2) is 44.3 Å². The van der Waals surface area contributed by atoms with E-state index in [1.165, 1.54) is 45.2 Å². The summed E-state index contributed by atoms with van der Waals surface area (Å²) in [7, 11) is 1.81. The van der Waals surface area contributed by atoms with E-state index < -0.39 is 0 Å². The van der Waals surface area contributed by atoms with Gasteiger partial charge in [0.25, 0.3) is 0 Å². The largest absolute Gasteiger partial charge is 0.384 e. The van der Waals surface area contributed by atoms with E-state index in [9.17, 15) is 0 Å². The molecule has 2 rings (SSSR count). The van der Waals surface area contributed by atoms with Crippen LogP contribution in [0.2, 0.25) is 0 Å². The van der Waals surface area contributed by atoms with Crippen LogP contribution in [0.3, 0.4) is 0 Å². The number of likely N-dealkylation sites (tertiary alicyclic amines) is 1. The van der Waals surface area contributed by atoms with Gasteiger partial charge >= 0.3 is 0 Å². The fraction of sp³-hybridized carbons (Fsp3) is 1.00. The van der Waals surface area contributed by atoms with Crippen LogP contribution < -0.4 is 5.73 Å². The van der Waals surface area contributed by atoms with Crippen molar-refractivity contribution in [1.29, 1.82) is 0 Å². The van der Waals surface area contributed by atoms with Gasteiger partial charge in [0.2, 0.25) is 0 Å². The van der Waals surface area contributed by atoms with E-state index in [0.29, 0.717) is 6.04 Å². The third-order valence-corrected chi connectivity index (χ3v) is 4.37. The number of hydrogen-bond acceptors (Lipinski definition) is 3. The smallest absolute Gasteiger partial charge is 0.0503 e. The molecule has 1 aliphatic heterocycles. The minimum absolute atomic E-state index is 0.643. The molecule has 0 aromatic heterocycles. The molecule has 2 aliphatic rings. The van der Waals surface area contributed by atoms with Crippen molar-refractivity contribution in [1.82, 2.24) is 4.90 Å². The molecule has 2 fully saturated rings. The summed E-state index contributed by atoms with van der Waals surface area (Å²) < 4.78 is 5.26. The average molecular weight is 226 g/mol. The van der Waals surface area contributed by atoms with Crippen molar-refractivity contribution < 1.29 is 4.74 Å². The van der Waals surface area contributed by atoms with Crippen molar-refractivity contribution in [2.75, 3.05) is 33.4 Å². The molecule has 0 spiro atoms. The molecular formula is C13H26N2O. The van der Waals surface area contributed by atoms with Crippen LogP contribution in [0.4, 0.5) is 0 Å². The van der Waals surface area contributed by atoms with Gasteiger partial charge in [-0.2, -0.15) is 0 Å². The average Bonchev–Trinajstić information content (AvgIpc) is 2.92. The highest BCUT2D eigenvalue weighted by Crippen LogP contribution is 2.32. The summed E-state index contributed by atoms with van der Waals surface area (Å²) in [6, 6.07) is 0.643. The van der Waals surface area contributed by atoms with E-state index in [4.69, 9.17) is 10.5 Å². The zero-order chi connectivity index (χ0) is 11.4. The molecule has 3 heteroatoms. The Kier molecular flexibility index (Phi) is 4.62. The van der Waals surface area contributed by atoms with Gasteiger partial charge in [0.15, 0.2) is 0 Å². The number of hydrogen-bond donors (Lipinski definition) is 1. The number of rotatable bonds is 5. The minimum atomic E-state index is 0.643. The van der Waals surface area contributed by atoms with Gasteiger partial charge in [0, 0.05) is 26.2 Å². The Morgan fingerprint density at radius 3 is 2.69 bits per heavy atom. The topological polar surface area (TPSA) is 38.5 Å². The zero-order valence-corrected chi connectivity index (χ0v) is 10.5. The van der Waals surface area contributed by atoms with E-state index in [2.05, 4.69) is 4.90 Å². The first-order valence-electron chi connectivity index (χ1n) is 6.78. The third kappa shape index (κ3) is 2.76. The lowest BCUT2D eigenvalue weighted by Crippen LogP contribution is -2.43. The first kappa shape index (κ1) is 12.3. The number of nitrogens with two attached hydrogens (primary N) is 1. The Bertz CT molecular complexity index is 204. The molecule has 0 radical (unpaired) electrons. The van der Waals surface area contributed by atoms with Crippen molar-refractivity contribution in [3.8, 4) is 0 Å². The van der Waals surface area contributed by atoms with Crippen LogP contribution in [-0.2, 0) is 4.74 Å². The lowest BCUT2D eigenvalue weighted by molar-refractivity contribution is 0.135. The van der Waals surface area contributed by atoms with E-state index in [1.807, 2.05) is 0 Å². The highest BCUT2D eigenvalue weighted by atomic mass is 16.5. The molecule has 0 amide bonds. The fourth-order valence-corrected chi connectivity index (χ4v) is 3.52. The van der Waals surface area contributed by atoms with Crippen molar-refractivity contribution in [2.45, 2.75) is 38.1 Å². The second-order valence-electron chi connectivity index (χ2n) is 5.45. The highest BCUT2D eigenvalue weighted by Gasteiger charge is 2.33. The van der Waals surface area contributed by atoms with Crippen LogP contribution in [0.25, 0.3) is 0 Å². The number of nitrogens with zero attached hydrogens (tertiary/aromatic N) is 1. The number of ether oxygens (including phenoxy) is 1. The third-order valence-electron chi connectivity index (χ3n) is 4.37. The van der Waals surface area contributed by atoms with Crippen LogP contribution in [0.5, 0.6) is 0 Å². The standard InChI is InChI=1S/C13H26N2O/c1-16-10-11-6-7-15(9-11)13(8-14)12-4-2-3-5-12/h11-13H,2-10,14H2,1H3. The predicted molar refractivity (Wildman–Crippen MR) is 66.4 cm³/mol. The minimum Gasteiger partial charge on any atom is -0.384 e. The first-order valence-corrected chi connectivity index (χ1v) is 6.78. The molecular weight excluding hydrogens is 200 g/mol. The maximum absolute atomic E-state index is 5.98. The van der Waals surface area contributed by atoms with Gasteiger partial charge in [-0.1, -0.05) is 12.8 Å². The fourth-order valence-electron chi connectivity index (χ4n) is 3.52. The van der Waals surface area contributed by atoms with Crippen molar-refractivity contribution in [3.05, 3.63) is 0 Å². The van der Waals surface area contributed by atoms with Crippen LogP contribution in [0.15, 0.2) is 0 Å². The molecule has 0 aromatic rings. The molecule has 0 aromatic carbocycles. The van der Waals surface area contributed by atoms with Crippen LogP contribution in [0, 0.1) is 11.8 Å². The second kappa shape index (κ2) is 5.99. The summed E-state index contributed by atoms with van der Waals surface area (Å²) in [5.41, 5.74) is 5.98. The summed E-state index contributed by atoms with van der Waals surface area (Å²) in [5.74, 6) is 1.60. The van der Waals surface area contributed by atoms with Gasteiger partial charge in [-0.15, -0.1) is 0 Å². The predicted octanol–water partition coefficient (Wildman–Crippen LogP) is 1.47. The molecule has 2 atom stereocenters. The molecule has 1 saturated heterocycles. The maximum atomic E-state index is 5.98. The Hall–Kier alpha value is -0.120. The van der Waals surface area contributed by atoms with Gasteiger partial charge in [-0.3, -0.25) is 4.90 Å².